The van der Waals surface area contributed by atoms with Gasteiger partial charge in [-0.3, -0.25) is 4.79 Å². The molecule has 2 bridgehead atoms. The van der Waals surface area contributed by atoms with Gasteiger partial charge in [0.25, 0.3) is 5.91 Å². The van der Waals surface area contributed by atoms with Gasteiger partial charge < -0.3 is 10.4 Å². The second-order valence-electron chi connectivity index (χ2n) is 10.1. The fourth-order valence-corrected chi connectivity index (χ4v) is 6.23. The summed E-state index contributed by atoms with van der Waals surface area (Å²) >= 11 is 0. The Morgan fingerprint density at radius 3 is 2.62 bits per heavy atom. The summed E-state index contributed by atoms with van der Waals surface area (Å²) in [7, 11) is 0. The van der Waals surface area contributed by atoms with E-state index in [-0.39, 0.29) is 17.7 Å². The van der Waals surface area contributed by atoms with Crippen molar-refractivity contribution in [1.29, 1.82) is 0 Å². The lowest BCUT2D eigenvalue weighted by Gasteiger charge is -2.47. The van der Waals surface area contributed by atoms with E-state index < -0.39 is 0 Å². The van der Waals surface area contributed by atoms with Gasteiger partial charge in [0, 0.05) is 6.04 Å². The first-order chi connectivity index (χ1) is 13.9. The zero-order valence-corrected chi connectivity index (χ0v) is 18.1. The van der Waals surface area contributed by atoms with E-state index in [0.29, 0.717) is 16.9 Å². The average Bonchev–Trinajstić information content (AvgIpc) is 2.66. The summed E-state index contributed by atoms with van der Waals surface area (Å²) in [4.78, 5) is 13.1. The minimum absolute atomic E-state index is 0.0647. The topological polar surface area (TPSA) is 49.3 Å². The molecule has 2 aromatic rings. The third-order valence-corrected chi connectivity index (χ3v) is 7.64. The van der Waals surface area contributed by atoms with Crippen LogP contribution in [0, 0.1) is 23.2 Å². The Bertz CT molecular complexity index is 891. The van der Waals surface area contributed by atoms with E-state index in [2.05, 4.69) is 26.1 Å². The van der Waals surface area contributed by atoms with Gasteiger partial charge in [-0.25, -0.2) is 0 Å². The lowest BCUT2D eigenvalue weighted by atomic mass is 9.59. The van der Waals surface area contributed by atoms with Gasteiger partial charge in [0.15, 0.2) is 0 Å². The number of benzene rings is 2. The number of carbonyl (C=O) groups excluding carboxylic acids is 1. The van der Waals surface area contributed by atoms with Crippen LogP contribution in [-0.2, 0) is 0 Å². The van der Waals surface area contributed by atoms with Gasteiger partial charge in [-0.15, -0.1) is 0 Å². The molecule has 3 heteroatoms. The van der Waals surface area contributed by atoms with Crippen molar-refractivity contribution < 1.29 is 9.90 Å². The Morgan fingerprint density at radius 1 is 1.17 bits per heavy atom. The van der Waals surface area contributed by atoms with Gasteiger partial charge in [-0.2, -0.15) is 0 Å². The maximum atomic E-state index is 13.1. The first kappa shape index (κ1) is 20.3. The second-order valence-corrected chi connectivity index (χ2v) is 10.1. The smallest absolute Gasteiger partial charge is 0.255 e. The van der Waals surface area contributed by atoms with E-state index >= 15 is 0 Å². The SMILES string of the molecule is CCC1CCC2(C)CC(NC(=O)c3cc4ccccc4cc3O)CC(C)CC1C2. The highest BCUT2D eigenvalue weighted by Crippen LogP contribution is 2.50. The molecule has 0 heterocycles. The summed E-state index contributed by atoms with van der Waals surface area (Å²) in [6.07, 6.45) is 8.55. The standard InChI is InChI=1S/C26H35NO2/c1-4-18-9-10-26(3)15-21(18)11-17(2)12-22(16-26)27-25(29)23-13-19-7-5-6-8-20(19)14-24(23)28/h5-8,13-14,17-18,21-22,28H,4,9-12,15-16H2,1-3H3,(H,27,29). The number of nitrogens with one attached hydrogen (secondary N) is 1. The molecule has 2 fully saturated rings. The molecule has 0 saturated heterocycles. The number of hydrogen-bond donors (Lipinski definition) is 2. The molecule has 3 nitrogen and oxygen atoms in total. The van der Waals surface area contributed by atoms with Crippen LogP contribution in [0.5, 0.6) is 5.75 Å². The maximum absolute atomic E-state index is 13.1. The minimum Gasteiger partial charge on any atom is -0.507 e. The molecule has 0 aliphatic heterocycles. The van der Waals surface area contributed by atoms with Crippen LogP contribution in [-0.4, -0.2) is 17.1 Å². The number of phenols is 1. The van der Waals surface area contributed by atoms with E-state index in [1.54, 1.807) is 6.07 Å². The summed E-state index contributed by atoms with van der Waals surface area (Å²) in [5.74, 6) is 2.26. The number of rotatable bonds is 3. The minimum atomic E-state index is -0.145. The summed E-state index contributed by atoms with van der Waals surface area (Å²) < 4.78 is 0. The summed E-state index contributed by atoms with van der Waals surface area (Å²) in [5.41, 5.74) is 0.705. The fourth-order valence-electron chi connectivity index (χ4n) is 6.23. The second kappa shape index (κ2) is 8.01. The number of carbonyl (C=O) groups is 1. The van der Waals surface area contributed by atoms with E-state index in [1.807, 2.05) is 30.3 Å². The third-order valence-electron chi connectivity index (χ3n) is 7.64. The van der Waals surface area contributed by atoms with Crippen LogP contribution in [0.25, 0.3) is 10.8 Å². The molecule has 2 aliphatic rings. The predicted octanol–water partition coefficient (Wildman–Crippen LogP) is 6.30. The molecule has 1 amide bonds. The van der Waals surface area contributed by atoms with Crippen molar-refractivity contribution >= 4 is 16.7 Å². The highest BCUT2D eigenvalue weighted by Gasteiger charge is 2.41. The highest BCUT2D eigenvalue weighted by atomic mass is 16.3. The molecule has 2 aromatic carbocycles. The number of fused-ring (bicyclic) bond motifs is 3. The van der Waals surface area contributed by atoms with Crippen molar-refractivity contribution in [3.63, 3.8) is 0 Å². The van der Waals surface area contributed by atoms with Gasteiger partial charge in [-0.1, -0.05) is 51.5 Å². The molecule has 156 valence electrons. The Morgan fingerprint density at radius 2 is 1.90 bits per heavy atom. The van der Waals surface area contributed by atoms with Crippen LogP contribution in [0.2, 0.25) is 0 Å². The normalized spacial score (nSPS) is 32.4. The maximum Gasteiger partial charge on any atom is 0.255 e. The largest absolute Gasteiger partial charge is 0.507 e. The van der Waals surface area contributed by atoms with E-state index in [0.717, 1.165) is 35.4 Å². The lowest BCUT2D eigenvalue weighted by molar-refractivity contribution is 0.0452. The first-order valence-electron chi connectivity index (χ1n) is 11.4. The van der Waals surface area contributed by atoms with E-state index in [4.69, 9.17) is 0 Å². The quantitative estimate of drug-likeness (QED) is 0.643. The predicted molar refractivity (Wildman–Crippen MR) is 119 cm³/mol. The molecule has 4 rings (SSSR count). The van der Waals surface area contributed by atoms with Crippen molar-refractivity contribution in [1.82, 2.24) is 5.32 Å². The van der Waals surface area contributed by atoms with Crippen LogP contribution in [0.15, 0.2) is 36.4 Å². The van der Waals surface area contributed by atoms with Gasteiger partial charge >= 0.3 is 0 Å². The van der Waals surface area contributed by atoms with Crippen molar-refractivity contribution in [3.8, 4) is 5.75 Å². The van der Waals surface area contributed by atoms with Crippen LogP contribution in [0.4, 0.5) is 0 Å². The number of aromatic hydroxyl groups is 1. The molecule has 0 radical (unpaired) electrons. The van der Waals surface area contributed by atoms with Gasteiger partial charge in [-0.05, 0) is 84.6 Å². The molecule has 5 atom stereocenters. The molecule has 0 spiro atoms. The molecule has 2 saturated carbocycles. The Hall–Kier alpha value is -2.03. The molecule has 2 aliphatic carbocycles. The van der Waals surface area contributed by atoms with Crippen LogP contribution in [0.1, 0.15) is 76.1 Å². The zero-order chi connectivity index (χ0) is 20.6. The van der Waals surface area contributed by atoms with Crippen LogP contribution >= 0.6 is 0 Å². The average molecular weight is 394 g/mol. The molecule has 29 heavy (non-hydrogen) atoms. The Labute approximate surface area is 174 Å². The van der Waals surface area contributed by atoms with Gasteiger partial charge in [0.1, 0.15) is 5.75 Å². The van der Waals surface area contributed by atoms with Gasteiger partial charge in [0.05, 0.1) is 5.56 Å². The van der Waals surface area contributed by atoms with Crippen molar-refractivity contribution in [2.24, 2.45) is 23.2 Å². The van der Waals surface area contributed by atoms with Gasteiger partial charge in [0.2, 0.25) is 0 Å². The van der Waals surface area contributed by atoms with Crippen molar-refractivity contribution in [3.05, 3.63) is 42.0 Å². The van der Waals surface area contributed by atoms with Crippen LogP contribution in [0.3, 0.4) is 0 Å². The van der Waals surface area contributed by atoms with E-state index in [1.165, 1.54) is 32.1 Å². The Kier molecular flexibility index (Phi) is 5.59. The summed E-state index contributed by atoms with van der Waals surface area (Å²) in [5, 5.41) is 15.7. The molecular weight excluding hydrogens is 358 g/mol. The monoisotopic (exact) mass is 393 g/mol. The number of hydrogen-bond acceptors (Lipinski definition) is 2. The third kappa shape index (κ3) is 4.29. The van der Waals surface area contributed by atoms with E-state index in [9.17, 15) is 9.90 Å². The first-order valence-corrected chi connectivity index (χ1v) is 11.4. The molecule has 0 aromatic heterocycles. The molecule has 2 N–H and O–H groups in total. The highest BCUT2D eigenvalue weighted by molar-refractivity contribution is 6.01. The molecule has 5 unspecified atom stereocenters. The number of phenolic OH excluding ortho intramolecular Hbond substituents is 1. The van der Waals surface area contributed by atoms with Crippen molar-refractivity contribution in [2.75, 3.05) is 0 Å². The number of amides is 1. The summed E-state index contributed by atoms with van der Waals surface area (Å²) in [6, 6.07) is 11.5. The lowest BCUT2D eigenvalue weighted by Crippen LogP contribution is -2.44. The van der Waals surface area contributed by atoms with Crippen LogP contribution < -0.4 is 5.32 Å². The molecular formula is C26H35NO2. The zero-order valence-electron chi connectivity index (χ0n) is 18.1. The Balaban J connectivity index is 1.53. The fraction of sp³-hybridized carbons (Fsp3) is 0.577. The summed E-state index contributed by atoms with van der Waals surface area (Å²) in [6.45, 7) is 7.11. The van der Waals surface area contributed by atoms with Crippen molar-refractivity contribution in [2.45, 2.75) is 71.8 Å².